The highest BCUT2D eigenvalue weighted by atomic mass is 15.6. The second-order valence-corrected chi connectivity index (χ2v) is 2.60. The fourth-order valence-corrected chi connectivity index (χ4v) is 1.24. The van der Waals surface area contributed by atoms with Gasteiger partial charge in [-0.05, 0) is 12.3 Å². The normalized spacial score (nSPS) is 35.5. The topological polar surface area (TPSA) is 79.3 Å². The highest BCUT2D eigenvalue weighted by molar-refractivity contribution is 5.15. The molecule has 2 rings (SSSR count). The lowest BCUT2D eigenvalue weighted by atomic mass is 10.3. The van der Waals surface area contributed by atoms with Gasteiger partial charge < -0.3 is 22.2 Å². The fourth-order valence-electron chi connectivity index (χ4n) is 1.24. The van der Waals surface area contributed by atoms with Crippen LogP contribution in [0.5, 0.6) is 0 Å². The minimum Gasteiger partial charge on any atom is -0.398 e. The van der Waals surface area contributed by atoms with Gasteiger partial charge in [0.1, 0.15) is 6.17 Å². The van der Waals surface area contributed by atoms with Crippen LogP contribution in [-0.2, 0) is 0 Å². The molecule has 0 radical (unpaired) electrons. The van der Waals surface area contributed by atoms with Gasteiger partial charge in [0.25, 0.3) is 0 Å². The van der Waals surface area contributed by atoms with Crippen LogP contribution in [0, 0.1) is 0 Å². The van der Waals surface area contributed by atoms with Gasteiger partial charge in [-0.2, -0.15) is 5.01 Å². The summed E-state index contributed by atoms with van der Waals surface area (Å²) < 4.78 is 0. The average Bonchev–Trinajstić information content (AvgIpc) is 2.35. The van der Waals surface area contributed by atoms with Crippen LogP contribution >= 0.6 is 0 Å². The third kappa shape index (κ3) is 0.856. The average molecular weight is 153 g/mol. The Hall–Kier alpha value is -1.20. The van der Waals surface area contributed by atoms with Crippen molar-refractivity contribution >= 4 is 0 Å². The SMILES string of the molecule is NC1=CNN2C(N)C=CNC12. The van der Waals surface area contributed by atoms with Gasteiger partial charge in [0.15, 0.2) is 0 Å². The number of hydrogen-bond acceptors (Lipinski definition) is 5. The van der Waals surface area contributed by atoms with Crippen LogP contribution < -0.4 is 22.2 Å². The quantitative estimate of drug-likeness (QED) is 0.335. The van der Waals surface area contributed by atoms with Crippen LogP contribution in [0.4, 0.5) is 0 Å². The summed E-state index contributed by atoms with van der Waals surface area (Å²) in [5.74, 6) is 0. The molecule has 5 nitrogen and oxygen atoms in total. The van der Waals surface area contributed by atoms with Gasteiger partial charge in [-0.3, -0.25) is 0 Å². The third-order valence-corrected chi connectivity index (χ3v) is 1.84. The maximum atomic E-state index is 5.73. The molecule has 5 heteroatoms. The van der Waals surface area contributed by atoms with Crippen LogP contribution in [0.25, 0.3) is 0 Å². The Kier molecular flexibility index (Phi) is 1.27. The summed E-state index contributed by atoms with van der Waals surface area (Å²) in [5.41, 5.74) is 15.1. The van der Waals surface area contributed by atoms with E-state index in [9.17, 15) is 0 Å². The molecule has 0 saturated carbocycles. The second-order valence-electron chi connectivity index (χ2n) is 2.60. The van der Waals surface area contributed by atoms with Crippen molar-refractivity contribution in [2.45, 2.75) is 12.3 Å². The molecule has 0 bridgehead atoms. The molecule has 6 N–H and O–H groups in total. The van der Waals surface area contributed by atoms with Crippen molar-refractivity contribution in [3.63, 3.8) is 0 Å². The van der Waals surface area contributed by atoms with Gasteiger partial charge in [-0.1, -0.05) is 0 Å². The minimum atomic E-state index is -0.112. The first-order valence-electron chi connectivity index (χ1n) is 3.47. The third-order valence-electron chi connectivity index (χ3n) is 1.84. The van der Waals surface area contributed by atoms with E-state index >= 15 is 0 Å². The molecule has 11 heavy (non-hydrogen) atoms. The van der Waals surface area contributed by atoms with Crippen molar-refractivity contribution < 1.29 is 0 Å². The van der Waals surface area contributed by atoms with Crippen molar-refractivity contribution in [1.82, 2.24) is 15.8 Å². The van der Waals surface area contributed by atoms with E-state index in [1.807, 2.05) is 17.3 Å². The van der Waals surface area contributed by atoms with Gasteiger partial charge >= 0.3 is 0 Å². The van der Waals surface area contributed by atoms with E-state index in [1.165, 1.54) is 0 Å². The summed E-state index contributed by atoms with van der Waals surface area (Å²) in [6.45, 7) is 0. The number of nitrogens with zero attached hydrogens (tertiary/aromatic N) is 1. The molecule has 0 fully saturated rings. The Bertz CT molecular complexity index is 221. The van der Waals surface area contributed by atoms with Gasteiger partial charge in [0.05, 0.1) is 11.9 Å². The van der Waals surface area contributed by atoms with Crippen LogP contribution in [0.1, 0.15) is 0 Å². The predicted molar refractivity (Wildman–Crippen MR) is 41.3 cm³/mol. The molecule has 2 unspecified atom stereocenters. The Labute approximate surface area is 64.7 Å². The molecule has 2 aliphatic heterocycles. The number of nitrogens with one attached hydrogen (secondary N) is 2. The van der Waals surface area contributed by atoms with Crippen molar-refractivity contribution in [2.75, 3.05) is 0 Å². The molecule has 0 aromatic carbocycles. The predicted octanol–water partition coefficient (Wildman–Crippen LogP) is -1.67. The lowest BCUT2D eigenvalue weighted by Gasteiger charge is -2.32. The smallest absolute Gasteiger partial charge is 0.141 e. The molecular formula is C6H11N5. The van der Waals surface area contributed by atoms with E-state index in [0.29, 0.717) is 0 Å². The molecule has 0 aliphatic carbocycles. The summed E-state index contributed by atoms with van der Waals surface area (Å²) in [4.78, 5) is 0. The number of rotatable bonds is 0. The Morgan fingerprint density at radius 3 is 3.09 bits per heavy atom. The lowest BCUT2D eigenvalue weighted by Crippen LogP contribution is -2.57. The Morgan fingerprint density at radius 2 is 2.36 bits per heavy atom. The summed E-state index contributed by atoms with van der Waals surface area (Å²) in [6, 6.07) is 0. The first-order valence-corrected chi connectivity index (χ1v) is 3.47. The van der Waals surface area contributed by atoms with Crippen LogP contribution in [0.2, 0.25) is 0 Å². The molecule has 2 heterocycles. The van der Waals surface area contributed by atoms with E-state index in [4.69, 9.17) is 11.5 Å². The van der Waals surface area contributed by atoms with E-state index in [1.54, 1.807) is 6.20 Å². The lowest BCUT2D eigenvalue weighted by molar-refractivity contribution is 0.134. The van der Waals surface area contributed by atoms with E-state index in [0.717, 1.165) is 5.70 Å². The number of fused-ring (bicyclic) bond motifs is 1. The van der Waals surface area contributed by atoms with Gasteiger partial charge in [-0.25, -0.2) is 0 Å². The molecule has 60 valence electrons. The zero-order valence-corrected chi connectivity index (χ0v) is 5.99. The zero-order valence-electron chi connectivity index (χ0n) is 5.99. The molecule has 2 aliphatic rings. The highest BCUT2D eigenvalue weighted by Gasteiger charge is 2.30. The molecular weight excluding hydrogens is 142 g/mol. The molecule has 0 saturated heterocycles. The fraction of sp³-hybridized carbons (Fsp3) is 0.333. The van der Waals surface area contributed by atoms with Crippen LogP contribution in [0.3, 0.4) is 0 Å². The maximum Gasteiger partial charge on any atom is 0.141 e. The first kappa shape index (κ1) is 6.51. The summed E-state index contributed by atoms with van der Waals surface area (Å²) in [7, 11) is 0. The Balaban J connectivity index is 2.21. The summed E-state index contributed by atoms with van der Waals surface area (Å²) in [6.07, 6.45) is 5.31. The number of nitrogens with two attached hydrogens (primary N) is 2. The largest absolute Gasteiger partial charge is 0.398 e. The summed E-state index contributed by atoms with van der Waals surface area (Å²) in [5, 5.41) is 4.91. The highest BCUT2D eigenvalue weighted by Crippen LogP contribution is 2.12. The van der Waals surface area contributed by atoms with Crippen LogP contribution in [-0.4, -0.2) is 17.3 Å². The van der Waals surface area contributed by atoms with Crippen molar-refractivity contribution in [1.29, 1.82) is 0 Å². The summed E-state index contributed by atoms with van der Waals surface area (Å²) >= 11 is 0. The minimum absolute atomic E-state index is 0.00926. The number of hydrazine groups is 1. The second kappa shape index (κ2) is 2.14. The monoisotopic (exact) mass is 153 g/mol. The molecule has 2 atom stereocenters. The molecule has 0 amide bonds. The molecule has 0 aromatic rings. The standard InChI is InChI=1S/C6H11N5/c7-4-3-10-11-5(8)1-2-9-6(4)11/h1-3,5-6,9-10H,7-8H2. The maximum absolute atomic E-state index is 5.73. The van der Waals surface area contributed by atoms with Gasteiger partial charge in [-0.15, -0.1) is 0 Å². The van der Waals surface area contributed by atoms with E-state index in [2.05, 4.69) is 10.7 Å². The van der Waals surface area contributed by atoms with E-state index < -0.39 is 0 Å². The molecule has 0 aromatic heterocycles. The van der Waals surface area contributed by atoms with Crippen molar-refractivity contribution in [3.05, 3.63) is 24.2 Å². The number of hydrogen-bond donors (Lipinski definition) is 4. The Morgan fingerprint density at radius 1 is 1.55 bits per heavy atom. The van der Waals surface area contributed by atoms with E-state index in [-0.39, 0.29) is 12.3 Å². The van der Waals surface area contributed by atoms with Crippen LogP contribution in [0.15, 0.2) is 24.2 Å². The van der Waals surface area contributed by atoms with Crippen molar-refractivity contribution in [2.24, 2.45) is 11.5 Å². The van der Waals surface area contributed by atoms with Gasteiger partial charge in [0, 0.05) is 6.20 Å². The first-order chi connectivity index (χ1) is 5.29. The van der Waals surface area contributed by atoms with Crippen molar-refractivity contribution in [3.8, 4) is 0 Å². The zero-order chi connectivity index (χ0) is 7.84. The molecule has 0 spiro atoms. The van der Waals surface area contributed by atoms with Gasteiger partial charge in [0.2, 0.25) is 0 Å².